The van der Waals surface area contributed by atoms with E-state index in [4.69, 9.17) is 16.3 Å². The van der Waals surface area contributed by atoms with Crippen LogP contribution in [0, 0.1) is 0 Å². The number of aromatic amines is 1. The van der Waals surface area contributed by atoms with Crippen LogP contribution < -0.4 is 10.1 Å². The van der Waals surface area contributed by atoms with Crippen LogP contribution in [0.2, 0.25) is 5.02 Å². The van der Waals surface area contributed by atoms with Crippen molar-refractivity contribution in [3.05, 3.63) is 83.6 Å². The highest BCUT2D eigenvalue weighted by Crippen LogP contribution is 2.22. The van der Waals surface area contributed by atoms with Crippen molar-refractivity contribution in [3.63, 3.8) is 0 Å². The van der Waals surface area contributed by atoms with Crippen LogP contribution in [-0.2, 0) is 11.2 Å². The molecule has 0 radical (unpaired) electrons. The van der Waals surface area contributed by atoms with E-state index in [1.807, 2.05) is 30.5 Å². The summed E-state index contributed by atoms with van der Waals surface area (Å²) in [6.45, 7) is 0. The quantitative estimate of drug-likeness (QED) is 0.503. The summed E-state index contributed by atoms with van der Waals surface area (Å²) in [5, 5.41) is 4.58. The Morgan fingerprint density at radius 3 is 2.70 bits per heavy atom. The second-order valence-electron chi connectivity index (χ2n) is 6.07. The molecule has 0 aliphatic heterocycles. The predicted octanol–water partition coefficient (Wildman–Crippen LogP) is 5.19. The highest BCUT2D eigenvalue weighted by atomic mass is 35.5. The van der Waals surface area contributed by atoms with E-state index in [1.54, 1.807) is 42.6 Å². The molecule has 4 aromatic rings. The van der Waals surface area contributed by atoms with Gasteiger partial charge in [-0.15, -0.1) is 0 Å². The Morgan fingerprint density at radius 1 is 1.07 bits per heavy atom. The first-order valence-electron chi connectivity index (χ1n) is 8.41. The molecule has 5 nitrogen and oxygen atoms in total. The fourth-order valence-corrected chi connectivity index (χ4v) is 2.87. The maximum Gasteiger partial charge on any atom is 0.228 e. The monoisotopic (exact) mass is 377 g/mol. The number of nitrogens with one attached hydrogen (secondary N) is 2. The molecular formula is C21H16ClN3O2. The second kappa shape index (κ2) is 7.51. The molecule has 1 amide bonds. The summed E-state index contributed by atoms with van der Waals surface area (Å²) in [5.41, 5.74) is 2.63. The minimum atomic E-state index is -0.0990. The molecule has 0 saturated heterocycles. The maximum atomic E-state index is 12.3. The van der Waals surface area contributed by atoms with Crippen LogP contribution in [0.15, 0.2) is 73.1 Å². The van der Waals surface area contributed by atoms with Gasteiger partial charge in [0, 0.05) is 22.8 Å². The molecule has 2 aromatic heterocycles. The van der Waals surface area contributed by atoms with Gasteiger partial charge in [-0.25, -0.2) is 4.98 Å². The van der Waals surface area contributed by atoms with Gasteiger partial charge in [0.05, 0.1) is 18.3 Å². The molecule has 0 bridgehead atoms. The zero-order chi connectivity index (χ0) is 18.6. The van der Waals surface area contributed by atoms with E-state index in [0.717, 1.165) is 16.5 Å². The third-order valence-corrected chi connectivity index (χ3v) is 4.29. The Hall–Kier alpha value is -3.31. The van der Waals surface area contributed by atoms with Gasteiger partial charge in [0.25, 0.3) is 0 Å². The van der Waals surface area contributed by atoms with Gasteiger partial charge in [-0.1, -0.05) is 17.7 Å². The minimum absolute atomic E-state index is 0.0990. The first-order chi connectivity index (χ1) is 13.2. The van der Waals surface area contributed by atoms with Crippen LogP contribution in [0.25, 0.3) is 10.9 Å². The third kappa shape index (κ3) is 4.27. The number of H-pyrrole nitrogens is 1. The van der Waals surface area contributed by atoms with Crippen molar-refractivity contribution >= 4 is 34.1 Å². The number of hydrogen-bond donors (Lipinski definition) is 2. The fourth-order valence-electron chi connectivity index (χ4n) is 2.74. The molecule has 2 N–H and O–H groups in total. The van der Waals surface area contributed by atoms with Crippen molar-refractivity contribution < 1.29 is 9.53 Å². The van der Waals surface area contributed by atoms with Crippen LogP contribution in [0.1, 0.15) is 5.56 Å². The molecule has 0 aliphatic carbocycles. The lowest BCUT2D eigenvalue weighted by Gasteiger charge is -2.07. The summed E-state index contributed by atoms with van der Waals surface area (Å²) >= 11 is 5.85. The van der Waals surface area contributed by atoms with Crippen molar-refractivity contribution in [2.45, 2.75) is 6.42 Å². The summed E-state index contributed by atoms with van der Waals surface area (Å²) in [6.07, 6.45) is 3.75. The van der Waals surface area contributed by atoms with Gasteiger partial charge in [0.2, 0.25) is 11.8 Å². The maximum absolute atomic E-state index is 12.3. The molecule has 4 rings (SSSR count). The number of hydrogen-bond acceptors (Lipinski definition) is 3. The molecular weight excluding hydrogens is 362 g/mol. The molecule has 6 heteroatoms. The lowest BCUT2D eigenvalue weighted by Crippen LogP contribution is -2.14. The third-order valence-electron chi connectivity index (χ3n) is 4.04. The SMILES string of the molecule is O=C(Cc1ccc2[nH]ccc2c1)Nc1ccc(Oc2ccc(Cl)cc2)nc1. The number of amides is 1. The molecule has 0 aliphatic rings. The van der Waals surface area contributed by atoms with Gasteiger partial charge in [0.1, 0.15) is 5.75 Å². The van der Waals surface area contributed by atoms with E-state index in [1.165, 1.54) is 0 Å². The van der Waals surface area contributed by atoms with E-state index >= 15 is 0 Å². The van der Waals surface area contributed by atoms with Gasteiger partial charge in [-0.3, -0.25) is 4.79 Å². The molecule has 2 heterocycles. The Kier molecular flexibility index (Phi) is 4.77. The zero-order valence-corrected chi connectivity index (χ0v) is 15.0. The summed E-state index contributed by atoms with van der Waals surface area (Å²) in [7, 11) is 0. The average molecular weight is 378 g/mol. The number of pyridine rings is 1. The van der Waals surface area contributed by atoms with E-state index in [2.05, 4.69) is 15.3 Å². The fraction of sp³-hybridized carbons (Fsp3) is 0.0476. The predicted molar refractivity (Wildman–Crippen MR) is 106 cm³/mol. The number of carbonyl (C=O) groups is 1. The molecule has 0 fully saturated rings. The van der Waals surface area contributed by atoms with Crippen LogP contribution >= 0.6 is 11.6 Å². The Balaban J connectivity index is 1.37. The van der Waals surface area contributed by atoms with Gasteiger partial charge < -0.3 is 15.0 Å². The molecule has 0 spiro atoms. The van der Waals surface area contributed by atoms with Gasteiger partial charge in [0.15, 0.2) is 0 Å². The smallest absolute Gasteiger partial charge is 0.228 e. The first kappa shape index (κ1) is 17.1. The summed E-state index contributed by atoms with van der Waals surface area (Å²) in [5.74, 6) is 0.982. The first-order valence-corrected chi connectivity index (χ1v) is 8.79. The van der Waals surface area contributed by atoms with Crippen LogP contribution in [0.3, 0.4) is 0 Å². The standard InChI is InChI=1S/C21H16ClN3O2/c22-16-2-5-18(6-3-16)27-21-8-4-17(13-24-21)25-20(26)12-14-1-7-19-15(11-14)9-10-23-19/h1-11,13,23H,12H2,(H,25,26). The Morgan fingerprint density at radius 2 is 1.93 bits per heavy atom. The van der Waals surface area contributed by atoms with E-state index in [-0.39, 0.29) is 5.91 Å². The minimum Gasteiger partial charge on any atom is -0.439 e. The van der Waals surface area contributed by atoms with Crippen molar-refractivity contribution in [1.29, 1.82) is 0 Å². The Bertz CT molecular complexity index is 1070. The van der Waals surface area contributed by atoms with Gasteiger partial charge in [-0.2, -0.15) is 0 Å². The average Bonchev–Trinajstić information content (AvgIpc) is 3.13. The molecule has 0 atom stereocenters. The lowest BCUT2D eigenvalue weighted by atomic mass is 10.1. The number of benzene rings is 2. The highest BCUT2D eigenvalue weighted by Gasteiger charge is 2.07. The number of halogens is 1. The summed E-state index contributed by atoms with van der Waals surface area (Å²) < 4.78 is 5.64. The highest BCUT2D eigenvalue weighted by molar-refractivity contribution is 6.30. The van der Waals surface area contributed by atoms with Crippen molar-refractivity contribution in [2.75, 3.05) is 5.32 Å². The Labute approximate surface area is 161 Å². The number of rotatable bonds is 5. The van der Waals surface area contributed by atoms with Gasteiger partial charge >= 0.3 is 0 Å². The van der Waals surface area contributed by atoms with Gasteiger partial charge in [-0.05, 0) is 59.5 Å². The molecule has 27 heavy (non-hydrogen) atoms. The second-order valence-corrected chi connectivity index (χ2v) is 6.50. The number of aromatic nitrogens is 2. The summed E-state index contributed by atoms with van der Waals surface area (Å²) in [4.78, 5) is 19.6. The molecule has 0 unspecified atom stereocenters. The van der Waals surface area contributed by atoms with Crippen molar-refractivity contribution in [3.8, 4) is 11.6 Å². The number of ether oxygens (including phenoxy) is 1. The van der Waals surface area contributed by atoms with Crippen LogP contribution in [0.5, 0.6) is 11.6 Å². The molecule has 0 saturated carbocycles. The number of fused-ring (bicyclic) bond motifs is 1. The number of anilines is 1. The van der Waals surface area contributed by atoms with Crippen molar-refractivity contribution in [2.24, 2.45) is 0 Å². The number of nitrogens with zero attached hydrogens (tertiary/aromatic N) is 1. The molecule has 134 valence electrons. The van der Waals surface area contributed by atoms with E-state index < -0.39 is 0 Å². The van der Waals surface area contributed by atoms with E-state index in [9.17, 15) is 4.79 Å². The van der Waals surface area contributed by atoms with Crippen LogP contribution in [0.4, 0.5) is 5.69 Å². The zero-order valence-electron chi connectivity index (χ0n) is 14.3. The van der Waals surface area contributed by atoms with Crippen molar-refractivity contribution in [1.82, 2.24) is 9.97 Å². The topological polar surface area (TPSA) is 67.0 Å². The van der Waals surface area contributed by atoms with E-state index in [0.29, 0.717) is 28.8 Å². The lowest BCUT2D eigenvalue weighted by molar-refractivity contribution is -0.115. The normalized spacial score (nSPS) is 10.7. The summed E-state index contributed by atoms with van der Waals surface area (Å²) in [6, 6.07) is 18.4. The molecule has 2 aromatic carbocycles. The number of carbonyl (C=O) groups excluding carboxylic acids is 1. The van der Waals surface area contributed by atoms with Crippen LogP contribution in [-0.4, -0.2) is 15.9 Å². The largest absolute Gasteiger partial charge is 0.439 e.